The molecule has 0 rings (SSSR count). The van der Waals surface area contributed by atoms with E-state index in [0.717, 1.165) is 7.05 Å². The Balaban J connectivity index is 4.43. The molecule has 0 aliphatic heterocycles. The van der Waals surface area contributed by atoms with Crippen LogP contribution in [-0.2, 0) is 4.79 Å². The molecule has 1 amide bonds. The van der Waals surface area contributed by atoms with E-state index in [1.807, 2.05) is 0 Å². The molecule has 7 nitrogen and oxygen atoms in total. The zero-order chi connectivity index (χ0) is 12.2. The van der Waals surface area contributed by atoms with Gasteiger partial charge in [0.05, 0.1) is 6.61 Å². The summed E-state index contributed by atoms with van der Waals surface area (Å²) in [6, 6.07) is 0. The average Bonchev–Trinajstić information content (AvgIpc) is 2.23. The van der Waals surface area contributed by atoms with Crippen LogP contribution in [0.5, 0.6) is 0 Å². The lowest BCUT2D eigenvalue weighted by Gasteiger charge is -2.24. The fourth-order valence-corrected chi connectivity index (χ4v) is 0.801. The van der Waals surface area contributed by atoms with Crippen LogP contribution < -0.4 is 5.31 Å². The van der Waals surface area contributed by atoms with Crippen LogP contribution in [0, 0.1) is 0 Å². The number of aliphatic hydroxyl groups excluding tert-OH is 5. The van der Waals surface area contributed by atoms with Crippen LogP contribution in [0.1, 0.15) is 0 Å². The first-order chi connectivity index (χ1) is 6.82. The summed E-state index contributed by atoms with van der Waals surface area (Å²) in [5, 5.41) is 45.2. The van der Waals surface area contributed by atoms with Crippen LogP contribution in [0.4, 0.5) is 0 Å². The topological polar surface area (TPSA) is 130 Å². The summed E-state index contributed by atoms with van der Waals surface area (Å²) < 4.78 is 6.82. The lowest BCUT2D eigenvalue weighted by atomic mass is 10.0. The second-order valence-corrected chi connectivity index (χ2v) is 2.74. The van der Waals surface area contributed by atoms with Crippen molar-refractivity contribution < 1.29 is 31.7 Å². The van der Waals surface area contributed by atoms with Gasteiger partial charge < -0.3 is 30.8 Å². The molecule has 7 heteroatoms. The highest BCUT2D eigenvalue weighted by Gasteiger charge is 2.33. The average molecular weight is 210 g/mol. The van der Waals surface area contributed by atoms with E-state index in [1.165, 1.54) is 0 Å². The summed E-state index contributed by atoms with van der Waals surface area (Å²) in [5.74, 6) is -1.13. The number of amides is 1. The standard InChI is InChI=1S/C7H15NO6/c1-8-7(14)6(13)5(12)4(11)3(10)2-9/h3-6,9-13H,2H2,1H3,(H,8,14)/t3-,4-,5+,6-/m1/s1/i/hD. The Morgan fingerprint density at radius 3 is 2.21 bits per heavy atom. The number of nitrogens with one attached hydrogen (secondary N) is 1. The van der Waals surface area contributed by atoms with Crippen LogP contribution in [0.25, 0.3) is 0 Å². The predicted molar refractivity (Wildman–Crippen MR) is 45.2 cm³/mol. The number of likely N-dealkylation sites (N-methyl/N-ethyl adjacent to an activating group) is 1. The van der Waals surface area contributed by atoms with Crippen molar-refractivity contribution in [3.63, 3.8) is 0 Å². The van der Waals surface area contributed by atoms with Crippen LogP contribution in [-0.4, -0.2) is 69.5 Å². The Labute approximate surface area is 82.1 Å². The van der Waals surface area contributed by atoms with Crippen molar-refractivity contribution in [1.29, 1.82) is 0 Å². The monoisotopic (exact) mass is 210 g/mol. The summed E-state index contributed by atoms with van der Waals surface area (Å²) in [5.41, 5.74) is 0. The third-order valence-electron chi connectivity index (χ3n) is 1.73. The van der Waals surface area contributed by atoms with Gasteiger partial charge >= 0.3 is 0 Å². The van der Waals surface area contributed by atoms with E-state index in [4.69, 9.17) is 21.8 Å². The van der Waals surface area contributed by atoms with Crippen molar-refractivity contribution in [2.45, 2.75) is 24.4 Å². The molecule has 0 unspecified atom stereocenters. The fourth-order valence-electron chi connectivity index (χ4n) is 0.801. The van der Waals surface area contributed by atoms with Crippen molar-refractivity contribution >= 4 is 5.91 Å². The lowest BCUT2D eigenvalue weighted by molar-refractivity contribution is -0.148. The molecule has 0 aliphatic rings. The Morgan fingerprint density at radius 1 is 1.36 bits per heavy atom. The van der Waals surface area contributed by atoms with E-state index in [0.29, 0.717) is 0 Å². The number of aliphatic hydroxyl groups is 5. The summed E-state index contributed by atoms with van der Waals surface area (Å²) in [7, 11) is 1.03. The zero-order valence-electron chi connectivity index (χ0n) is 8.61. The van der Waals surface area contributed by atoms with Gasteiger partial charge in [0.15, 0.2) is 7.52 Å². The molecular weight excluding hydrogens is 194 g/mol. The van der Waals surface area contributed by atoms with Gasteiger partial charge in [-0.15, -0.1) is 0 Å². The minimum Gasteiger partial charge on any atom is -0.394 e. The second kappa shape index (κ2) is 5.89. The molecular formula is C7H15NO6. The zero-order valence-corrected chi connectivity index (χ0v) is 7.61. The molecule has 0 heterocycles. The SMILES string of the molecule is [2H]N(C)C(=O)[C@H](O)[C@@H](O)[C@H](O)[C@H](O)CO. The highest BCUT2D eigenvalue weighted by Crippen LogP contribution is 2.04. The van der Waals surface area contributed by atoms with Crippen LogP contribution in [0.15, 0.2) is 0 Å². The Hall–Kier alpha value is -0.730. The molecule has 0 radical (unpaired) electrons. The highest BCUT2D eigenvalue weighted by molar-refractivity contribution is 5.80. The van der Waals surface area contributed by atoms with Gasteiger partial charge in [0.1, 0.15) is 18.3 Å². The molecule has 0 aliphatic carbocycles. The van der Waals surface area contributed by atoms with Gasteiger partial charge in [-0.05, 0) is 0 Å². The van der Waals surface area contributed by atoms with E-state index in [-0.39, 0.29) is 5.31 Å². The van der Waals surface area contributed by atoms with Gasteiger partial charge in [-0.1, -0.05) is 0 Å². The molecule has 0 aromatic rings. The minimum absolute atomic E-state index is 0.284. The van der Waals surface area contributed by atoms with Gasteiger partial charge in [-0.2, -0.15) is 0 Å². The minimum atomic E-state index is -2.02. The summed E-state index contributed by atoms with van der Waals surface area (Å²) in [6.07, 6.45) is -7.52. The van der Waals surface area contributed by atoms with Gasteiger partial charge in [0, 0.05) is 7.05 Å². The fraction of sp³-hybridized carbons (Fsp3) is 0.857. The lowest BCUT2D eigenvalue weighted by Crippen LogP contribution is -2.51. The number of hydrogen-bond acceptors (Lipinski definition) is 6. The maximum absolute atomic E-state index is 11.0. The summed E-state index contributed by atoms with van der Waals surface area (Å²) in [4.78, 5) is 11.0. The number of hydrogen-bond donors (Lipinski definition) is 6. The third-order valence-corrected chi connectivity index (χ3v) is 1.73. The molecule has 0 aromatic heterocycles. The Morgan fingerprint density at radius 2 is 1.86 bits per heavy atom. The maximum Gasteiger partial charge on any atom is 0.251 e. The smallest absolute Gasteiger partial charge is 0.251 e. The first-order valence-corrected chi connectivity index (χ1v) is 3.92. The van der Waals surface area contributed by atoms with Crippen molar-refractivity contribution in [3.05, 3.63) is 0 Å². The number of carbonyl (C=O) groups is 1. The van der Waals surface area contributed by atoms with Gasteiger partial charge in [-0.3, -0.25) is 4.79 Å². The number of rotatable bonds is 5. The van der Waals surface area contributed by atoms with Crippen molar-refractivity contribution in [1.82, 2.24) is 5.31 Å². The van der Waals surface area contributed by atoms with Gasteiger partial charge in [0.2, 0.25) is 0 Å². The molecule has 0 bridgehead atoms. The van der Waals surface area contributed by atoms with Crippen LogP contribution in [0.3, 0.4) is 0 Å². The molecule has 0 aromatic carbocycles. The maximum atomic E-state index is 11.0. The molecule has 0 saturated carbocycles. The van der Waals surface area contributed by atoms with Crippen molar-refractivity contribution in [2.24, 2.45) is 0 Å². The van der Waals surface area contributed by atoms with Crippen LogP contribution >= 0.6 is 0 Å². The van der Waals surface area contributed by atoms with E-state index in [9.17, 15) is 9.90 Å². The largest absolute Gasteiger partial charge is 0.394 e. The first kappa shape index (κ1) is 11.3. The molecule has 4 atom stereocenters. The quantitative estimate of drug-likeness (QED) is 0.276. The number of carbonyl (C=O) groups excluding carboxylic acids is 1. The highest BCUT2D eigenvalue weighted by atomic mass is 16.4. The van der Waals surface area contributed by atoms with E-state index in [1.54, 1.807) is 0 Å². The van der Waals surface area contributed by atoms with Crippen molar-refractivity contribution in [3.8, 4) is 0 Å². The van der Waals surface area contributed by atoms with E-state index in [2.05, 4.69) is 0 Å². The van der Waals surface area contributed by atoms with E-state index < -0.39 is 36.9 Å². The molecule has 0 saturated heterocycles. The van der Waals surface area contributed by atoms with Crippen molar-refractivity contribution in [2.75, 3.05) is 13.7 Å². The Bertz CT molecular complexity index is 214. The molecule has 14 heavy (non-hydrogen) atoms. The summed E-state index contributed by atoms with van der Waals surface area (Å²) in [6.45, 7) is -0.824. The summed E-state index contributed by atoms with van der Waals surface area (Å²) >= 11 is 0. The first-order valence-electron chi connectivity index (χ1n) is 4.37. The van der Waals surface area contributed by atoms with Crippen LogP contribution in [0.2, 0.25) is 1.41 Å². The molecule has 0 fully saturated rings. The van der Waals surface area contributed by atoms with E-state index >= 15 is 0 Å². The third kappa shape index (κ3) is 3.20. The molecule has 0 spiro atoms. The molecule has 6 N–H and O–H groups in total. The molecule has 84 valence electrons. The van der Waals surface area contributed by atoms with Gasteiger partial charge in [0.25, 0.3) is 5.91 Å². The Kier molecular flexibility index (Phi) is 4.77. The second-order valence-electron chi connectivity index (χ2n) is 2.74. The predicted octanol–water partition coefficient (Wildman–Crippen LogP) is -3.83. The normalized spacial score (nSPS) is 20.6. The van der Waals surface area contributed by atoms with Gasteiger partial charge in [-0.25, -0.2) is 0 Å².